The zero-order chi connectivity index (χ0) is 20.6. The van der Waals surface area contributed by atoms with Crippen molar-refractivity contribution < 1.29 is 23.7 Å². The van der Waals surface area contributed by atoms with Gasteiger partial charge in [-0.05, 0) is 24.1 Å². The van der Waals surface area contributed by atoms with Crippen LogP contribution in [0.4, 0.5) is 5.69 Å². The van der Waals surface area contributed by atoms with Crippen molar-refractivity contribution in [1.82, 2.24) is 0 Å². The first kappa shape index (κ1) is 27.5. The van der Waals surface area contributed by atoms with E-state index in [9.17, 15) is 0 Å². The van der Waals surface area contributed by atoms with E-state index in [4.69, 9.17) is 24.7 Å². The standard InChI is InChI=1S/C16H28N2O3.C2H4O2.C2H6/c1-2-8-21-14-15-4-3-5-16(13-15)18-7-10-20-12-11-19-9-6-17;1-4-2-3;1-2/h3-5,13,18H,2,6-12,14,17H2,1H3;2H,1H3;1-2H3. The lowest BCUT2D eigenvalue weighted by Crippen LogP contribution is -2.15. The van der Waals surface area contributed by atoms with Gasteiger partial charge in [-0.15, -0.1) is 0 Å². The summed E-state index contributed by atoms with van der Waals surface area (Å²) < 4.78 is 20.1. The summed E-state index contributed by atoms with van der Waals surface area (Å²) in [6.07, 6.45) is 1.05. The molecular weight excluding hydrogens is 348 g/mol. The van der Waals surface area contributed by atoms with Crippen molar-refractivity contribution in [3.63, 3.8) is 0 Å². The minimum absolute atomic E-state index is 0.375. The Kier molecular flexibility index (Phi) is 24.8. The number of nitrogens with two attached hydrogens (primary N) is 1. The monoisotopic (exact) mass is 386 g/mol. The summed E-state index contributed by atoms with van der Waals surface area (Å²) in [5.41, 5.74) is 7.60. The molecule has 0 bridgehead atoms. The molecule has 7 heteroatoms. The maximum absolute atomic E-state index is 8.95. The first-order chi connectivity index (χ1) is 13.3. The Morgan fingerprint density at radius 1 is 1.04 bits per heavy atom. The van der Waals surface area contributed by atoms with Crippen LogP contribution in [0.5, 0.6) is 0 Å². The van der Waals surface area contributed by atoms with Gasteiger partial charge in [0.05, 0.1) is 40.1 Å². The molecule has 0 spiro atoms. The second-order valence-electron chi connectivity index (χ2n) is 5.03. The number of rotatable bonds is 14. The van der Waals surface area contributed by atoms with Gasteiger partial charge in [-0.2, -0.15) is 0 Å². The van der Waals surface area contributed by atoms with Crippen LogP contribution in [0.2, 0.25) is 0 Å². The maximum Gasteiger partial charge on any atom is 0.292 e. The lowest BCUT2D eigenvalue weighted by Gasteiger charge is -2.09. The van der Waals surface area contributed by atoms with Crippen molar-refractivity contribution in [2.24, 2.45) is 5.73 Å². The van der Waals surface area contributed by atoms with E-state index < -0.39 is 0 Å². The fourth-order valence-corrected chi connectivity index (χ4v) is 1.78. The molecule has 0 unspecified atom stereocenters. The summed E-state index contributed by atoms with van der Waals surface area (Å²) in [4.78, 5) is 8.95. The maximum atomic E-state index is 8.95. The Hall–Kier alpha value is -1.67. The molecule has 0 aliphatic rings. The van der Waals surface area contributed by atoms with Gasteiger partial charge in [-0.1, -0.05) is 32.9 Å². The van der Waals surface area contributed by atoms with Crippen LogP contribution in [0.25, 0.3) is 0 Å². The summed E-state index contributed by atoms with van der Waals surface area (Å²) in [5.74, 6) is 0. The van der Waals surface area contributed by atoms with Crippen LogP contribution < -0.4 is 11.1 Å². The molecule has 0 amide bonds. The number of hydrogen-bond acceptors (Lipinski definition) is 7. The molecule has 0 aliphatic heterocycles. The molecule has 1 rings (SSSR count). The highest BCUT2D eigenvalue weighted by Gasteiger charge is 1.96. The number of nitrogens with one attached hydrogen (secondary N) is 1. The van der Waals surface area contributed by atoms with Gasteiger partial charge in [-0.3, -0.25) is 4.79 Å². The van der Waals surface area contributed by atoms with Gasteiger partial charge in [0.15, 0.2) is 0 Å². The molecule has 0 aliphatic carbocycles. The van der Waals surface area contributed by atoms with Crippen LogP contribution in [0, 0.1) is 0 Å². The van der Waals surface area contributed by atoms with E-state index >= 15 is 0 Å². The number of hydrogen-bond donors (Lipinski definition) is 2. The van der Waals surface area contributed by atoms with E-state index in [-0.39, 0.29) is 0 Å². The molecule has 0 radical (unpaired) electrons. The molecule has 27 heavy (non-hydrogen) atoms. The van der Waals surface area contributed by atoms with Crippen LogP contribution in [-0.2, 0) is 30.3 Å². The zero-order valence-electron chi connectivity index (χ0n) is 17.4. The van der Waals surface area contributed by atoms with Crippen LogP contribution >= 0.6 is 0 Å². The smallest absolute Gasteiger partial charge is 0.292 e. The van der Waals surface area contributed by atoms with Crippen molar-refractivity contribution in [3.05, 3.63) is 29.8 Å². The highest BCUT2D eigenvalue weighted by atomic mass is 16.5. The van der Waals surface area contributed by atoms with E-state index in [1.807, 2.05) is 26.0 Å². The van der Waals surface area contributed by atoms with Crippen LogP contribution in [0.1, 0.15) is 32.8 Å². The number of methoxy groups -OCH3 is 1. The molecule has 1 aromatic rings. The third-order valence-corrected chi connectivity index (χ3v) is 2.85. The molecule has 0 saturated heterocycles. The van der Waals surface area contributed by atoms with Crippen molar-refractivity contribution in [1.29, 1.82) is 0 Å². The fourth-order valence-electron chi connectivity index (χ4n) is 1.78. The molecule has 0 fully saturated rings. The van der Waals surface area contributed by atoms with E-state index in [0.717, 1.165) is 25.3 Å². The van der Waals surface area contributed by atoms with Crippen LogP contribution in [-0.4, -0.2) is 59.7 Å². The molecule has 0 atom stereocenters. The highest BCUT2D eigenvalue weighted by molar-refractivity contribution is 5.45. The van der Waals surface area contributed by atoms with Gasteiger partial charge in [0.2, 0.25) is 0 Å². The van der Waals surface area contributed by atoms with Gasteiger partial charge in [0, 0.05) is 25.4 Å². The molecule has 1 aromatic carbocycles. The summed E-state index contributed by atoms with van der Waals surface area (Å²) in [6, 6.07) is 8.27. The van der Waals surface area contributed by atoms with Crippen LogP contribution in [0.3, 0.4) is 0 Å². The first-order valence-electron chi connectivity index (χ1n) is 9.51. The molecule has 7 nitrogen and oxygen atoms in total. The molecule has 0 heterocycles. The average Bonchev–Trinajstić information content (AvgIpc) is 2.72. The van der Waals surface area contributed by atoms with Crippen molar-refractivity contribution in [3.8, 4) is 0 Å². The third kappa shape index (κ3) is 20.5. The Morgan fingerprint density at radius 2 is 1.70 bits per heavy atom. The topological polar surface area (TPSA) is 92.0 Å². The van der Waals surface area contributed by atoms with Gasteiger partial charge in [-0.25, -0.2) is 0 Å². The van der Waals surface area contributed by atoms with Crippen molar-refractivity contribution >= 4 is 12.2 Å². The van der Waals surface area contributed by atoms with Crippen LogP contribution in [0.15, 0.2) is 24.3 Å². The largest absolute Gasteiger partial charge is 0.471 e. The quantitative estimate of drug-likeness (QED) is 0.375. The first-order valence-corrected chi connectivity index (χ1v) is 9.51. The second kappa shape index (κ2) is 24.3. The van der Waals surface area contributed by atoms with E-state index in [0.29, 0.717) is 46.1 Å². The van der Waals surface area contributed by atoms with E-state index in [1.54, 1.807) is 0 Å². The van der Waals surface area contributed by atoms with Gasteiger partial charge < -0.3 is 30.0 Å². The number of carbonyl (C=O) groups excluding carboxylic acids is 1. The minimum Gasteiger partial charge on any atom is -0.471 e. The number of anilines is 1. The summed E-state index contributed by atoms with van der Waals surface area (Å²) >= 11 is 0. The summed E-state index contributed by atoms with van der Waals surface area (Å²) in [5, 5.41) is 3.34. The Balaban J connectivity index is 0. The number of carbonyl (C=O) groups is 1. The third-order valence-electron chi connectivity index (χ3n) is 2.85. The SMILES string of the molecule is CC.CCCOCc1cccc(NCCOCCOCCN)c1.COC=O. The van der Waals surface area contributed by atoms with Crippen molar-refractivity contribution in [2.45, 2.75) is 33.8 Å². The molecule has 0 saturated carbocycles. The number of ether oxygens (including phenoxy) is 4. The van der Waals surface area contributed by atoms with Crippen molar-refractivity contribution in [2.75, 3.05) is 58.6 Å². The lowest BCUT2D eigenvalue weighted by molar-refractivity contribution is -0.126. The Labute approximate surface area is 164 Å². The normalized spacial score (nSPS) is 9.37. The molecule has 3 N–H and O–H groups in total. The van der Waals surface area contributed by atoms with E-state index in [1.165, 1.54) is 12.7 Å². The molecular formula is C20H38N2O5. The van der Waals surface area contributed by atoms with Gasteiger partial charge >= 0.3 is 0 Å². The summed E-state index contributed by atoms with van der Waals surface area (Å²) in [7, 11) is 1.31. The highest BCUT2D eigenvalue weighted by Crippen LogP contribution is 2.11. The zero-order valence-corrected chi connectivity index (χ0v) is 17.4. The second-order valence-corrected chi connectivity index (χ2v) is 5.03. The lowest BCUT2D eigenvalue weighted by atomic mass is 10.2. The van der Waals surface area contributed by atoms with Gasteiger partial charge in [0.1, 0.15) is 0 Å². The van der Waals surface area contributed by atoms with Gasteiger partial charge in [0.25, 0.3) is 6.47 Å². The Morgan fingerprint density at radius 3 is 2.30 bits per heavy atom. The summed E-state index contributed by atoms with van der Waals surface area (Å²) in [6.45, 7) is 11.7. The number of benzene rings is 1. The minimum atomic E-state index is 0.375. The average molecular weight is 387 g/mol. The fraction of sp³-hybridized carbons (Fsp3) is 0.650. The predicted molar refractivity (Wildman–Crippen MR) is 110 cm³/mol. The van der Waals surface area contributed by atoms with E-state index in [2.05, 4.69) is 29.1 Å². The molecule has 158 valence electrons. The Bertz CT molecular complexity index is 419. The molecule has 0 aromatic heterocycles. The predicted octanol–water partition coefficient (Wildman–Crippen LogP) is 2.83.